The van der Waals surface area contributed by atoms with E-state index in [1.807, 2.05) is 0 Å². The third kappa shape index (κ3) is 4.91. The number of halogens is 4. The first-order valence-corrected chi connectivity index (χ1v) is 7.16. The molecule has 1 aromatic rings. The maximum absolute atomic E-state index is 12.4. The summed E-state index contributed by atoms with van der Waals surface area (Å²) in [6, 6.07) is 4.10. The van der Waals surface area contributed by atoms with Crippen molar-refractivity contribution < 1.29 is 23.0 Å². The fraction of sp³-hybridized carbons (Fsp3) is 0.500. The summed E-state index contributed by atoms with van der Waals surface area (Å²) in [6.07, 6.45) is 1.10. The summed E-state index contributed by atoms with van der Waals surface area (Å²) in [6.45, 7) is -1.59. The first-order valence-electron chi connectivity index (χ1n) is 6.78. The molecule has 2 N–H and O–H groups in total. The first kappa shape index (κ1) is 19.9. The summed E-state index contributed by atoms with van der Waals surface area (Å²) in [4.78, 5) is 12.4. The van der Waals surface area contributed by atoms with Gasteiger partial charge in [-0.2, -0.15) is 8.78 Å². The van der Waals surface area contributed by atoms with Crippen LogP contribution in [-0.2, 0) is 9.53 Å². The van der Waals surface area contributed by atoms with Gasteiger partial charge in [0.15, 0.2) is 0 Å². The Morgan fingerprint density at radius 2 is 2.04 bits per heavy atom. The van der Waals surface area contributed by atoms with Crippen LogP contribution in [0.25, 0.3) is 0 Å². The molecular weight excluding hydrogens is 353 g/mol. The molecule has 0 unspecified atom stereocenters. The molecule has 1 aliphatic heterocycles. The second-order valence-corrected chi connectivity index (χ2v) is 5.33. The Hall–Kier alpha value is -1.15. The Morgan fingerprint density at radius 1 is 1.39 bits per heavy atom. The molecular formula is C14H18Cl2F2N2O3. The summed E-state index contributed by atoms with van der Waals surface area (Å²) >= 11 is 5.86. The molecule has 0 saturated carbocycles. The maximum atomic E-state index is 12.4. The fourth-order valence-electron chi connectivity index (χ4n) is 2.37. The number of carbonyl (C=O) groups excluding carboxylic acids is 1. The Balaban J connectivity index is 0.00000264. The smallest absolute Gasteiger partial charge is 0.387 e. The number of rotatable bonds is 5. The van der Waals surface area contributed by atoms with Crippen LogP contribution in [0.2, 0.25) is 5.02 Å². The molecule has 0 spiro atoms. The van der Waals surface area contributed by atoms with Crippen LogP contribution in [0.4, 0.5) is 14.5 Å². The minimum Gasteiger partial charge on any atom is -0.433 e. The van der Waals surface area contributed by atoms with Crippen molar-refractivity contribution in [1.29, 1.82) is 0 Å². The molecule has 1 heterocycles. The zero-order valence-corrected chi connectivity index (χ0v) is 14.0. The molecule has 0 radical (unpaired) electrons. The minimum atomic E-state index is -2.95. The highest BCUT2D eigenvalue weighted by Gasteiger charge is 2.39. The summed E-state index contributed by atoms with van der Waals surface area (Å²) in [5.74, 6) is -0.423. The third-order valence-electron chi connectivity index (χ3n) is 3.62. The molecule has 5 nitrogen and oxygen atoms in total. The highest BCUT2D eigenvalue weighted by atomic mass is 35.5. The normalized spacial score (nSPS) is 16.6. The van der Waals surface area contributed by atoms with Crippen LogP contribution in [0.3, 0.4) is 0 Å². The van der Waals surface area contributed by atoms with Crippen LogP contribution in [0, 0.1) is 0 Å². The number of amides is 1. The molecule has 1 saturated heterocycles. The van der Waals surface area contributed by atoms with Crippen LogP contribution in [0.1, 0.15) is 12.8 Å². The highest BCUT2D eigenvalue weighted by molar-refractivity contribution is 6.32. The average Bonchev–Trinajstić information content (AvgIpc) is 2.50. The number of anilines is 1. The maximum Gasteiger partial charge on any atom is 0.387 e. The van der Waals surface area contributed by atoms with Crippen molar-refractivity contribution in [3.05, 3.63) is 23.2 Å². The molecule has 9 heteroatoms. The Kier molecular flexibility index (Phi) is 7.47. The van der Waals surface area contributed by atoms with Gasteiger partial charge in [-0.05, 0) is 44.1 Å². The van der Waals surface area contributed by atoms with E-state index in [1.165, 1.54) is 25.3 Å². The standard InChI is InChI=1S/C14H17ClF2N2O3.ClH/c1-21-14(4-6-18-7-5-14)12(20)19-9-2-3-11(10(15)8-9)22-13(16)17;/h2-3,8,13,18H,4-7H2,1H3,(H,19,20);1H. The molecule has 0 atom stereocenters. The lowest BCUT2D eigenvalue weighted by molar-refractivity contribution is -0.140. The van der Waals surface area contributed by atoms with Gasteiger partial charge in [-0.3, -0.25) is 4.79 Å². The van der Waals surface area contributed by atoms with E-state index in [4.69, 9.17) is 16.3 Å². The number of methoxy groups -OCH3 is 1. The van der Waals surface area contributed by atoms with Gasteiger partial charge in [0, 0.05) is 12.8 Å². The van der Waals surface area contributed by atoms with Crippen LogP contribution in [0.15, 0.2) is 18.2 Å². The van der Waals surface area contributed by atoms with E-state index in [1.54, 1.807) is 0 Å². The molecule has 0 aromatic heterocycles. The lowest BCUT2D eigenvalue weighted by Crippen LogP contribution is -2.51. The topological polar surface area (TPSA) is 59.6 Å². The number of hydrogen-bond donors (Lipinski definition) is 2. The van der Waals surface area contributed by atoms with Gasteiger partial charge in [0.25, 0.3) is 5.91 Å². The van der Waals surface area contributed by atoms with E-state index in [0.29, 0.717) is 31.6 Å². The van der Waals surface area contributed by atoms with Crippen molar-refractivity contribution >= 4 is 35.6 Å². The van der Waals surface area contributed by atoms with Gasteiger partial charge in [-0.1, -0.05) is 11.6 Å². The van der Waals surface area contributed by atoms with E-state index in [9.17, 15) is 13.6 Å². The third-order valence-corrected chi connectivity index (χ3v) is 3.92. The largest absolute Gasteiger partial charge is 0.433 e. The molecule has 1 fully saturated rings. The minimum absolute atomic E-state index is 0. The molecule has 2 rings (SSSR count). The second kappa shape index (κ2) is 8.63. The zero-order valence-electron chi connectivity index (χ0n) is 12.4. The lowest BCUT2D eigenvalue weighted by atomic mass is 9.91. The van der Waals surface area contributed by atoms with E-state index in [0.717, 1.165) is 0 Å². The number of hydrogen-bond acceptors (Lipinski definition) is 4. The van der Waals surface area contributed by atoms with Crippen LogP contribution in [-0.4, -0.2) is 38.3 Å². The highest BCUT2D eigenvalue weighted by Crippen LogP contribution is 2.30. The van der Waals surface area contributed by atoms with Gasteiger partial charge in [0.1, 0.15) is 11.4 Å². The molecule has 1 amide bonds. The molecule has 0 bridgehead atoms. The van der Waals surface area contributed by atoms with E-state index < -0.39 is 12.2 Å². The van der Waals surface area contributed by atoms with Crippen molar-refractivity contribution in [3.63, 3.8) is 0 Å². The molecule has 1 aliphatic rings. The van der Waals surface area contributed by atoms with Gasteiger partial charge in [0.2, 0.25) is 0 Å². The van der Waals surface area contributed by atoms with Crippen molar-refractivity contribution in [1.82, 2.24) is 5.32 Å². The second-order valence-electron chi connectivity index (χ2n) is 4.93. The van der Waals surface area contributed by atoms with E-state index >= 15 is 0 Å². The number of alkyl halides is 2. The summed E-state index contributed by atoms with van der Waals surface area (Å²) in [5, 5.41) is 5.86. The lowest BCUT2D eigenvalue weighted by Gasteiger charge is -2.34. The van der Waals surface area contributed by atoms with Gasteiger partial charge in [-0.15, -0.1) is 12.4 Å². The Morgan fingerprint density at radius 3 is 2.57 bits per heavy atom. The van der Waals surface area contributed by atoms with Crippen molar-refractivity contribution in [2.24, 2.45) is 0 Å². The van der Waals surface area contributed by atoms with Crippen molar-refractivity contribution in [3.8, 4) is 5.75 Å². The summed E-state index contributed by atoms with van der Waals surface area (Å²) in [7, 11) is 1.50. The molecule has 0 aliphatic carbocycles. The van der Waals surface area contributed by atoms with Crippen LogP contribution in [0.5, 0.6) is 5.75 Å². The van der Waals surface area contributed by atoms with Gasteiger partial charge < -0.3 is 20.1 Å². The van der Waals surface area contributed by atoms with Gasteiger partial charge in [-0.25, -0.2) is 0 Å². The number of piperidine rings is 1. The summed E-state index contributed by atoms with van der Waals surface area (Å²) < 4.78 is 34.0. The molecule has 23 heavy (non-hydrogen) atoms. The van der Waals surface area contributed by atoms with E-state index in [-0.39, 0.29) is 29.1 Å². The van der Waals surface area contributed by atoms with Gasteiger partial charge >= 0.3 is 6.61 Å². The number of benzene rings is 1. The number of ether oxygens (including phenoxy) is 2. The fourth-order valence-corrected chi connectivity index (χ4v) is 2.59. The van der Waals surface area contributed by atoms with E-state index in [2.05, 4.69) is 15.4 Å². The van der Waals surface area contributed by atoms with Crippen molar-refractivity contribution in [2.75, 3.05) is 25.5 Å². The number of carbonyl (C=O) groups is 1. The predicted octanol–water partition coefficient (Wildman–Crippen LogP) is 3.07. The van der Waals surface area contributed by atoms with Crippen LogP contribution >= 0.6 is 24.0 Å². The Labute approximate surface area is 144 Å². The summed E-state index contributed by atoms with van der Waals surface area (Å²) in [5.41, 5.74) is -0.498. The molecule has 130 valence electrons. The SMILES string of the molecule is COC1(C(=O)Nc2ccc(OC(F)F)c(Cl)c2)CCNCC1.Cl. The number of nitrogens with one attached hydrogen (secondary N) is 2. The van der Waals surface area contributed by atoms with Crippen molar-refractivity contribution in [2.45, 2.75) is 25.1 Å². The zero-order chi connectivity index (χ0) is 16.2. The van der Waals surface area contributed by atoms with Gasteiger partial charge in [0.05, 0.1) is 5.02 Å². The first-order chi connectivity index (χ1) is 10.5. The Bertz CT molecular complexity index is 541. The monoisotopic (exact) mass is 370 g/mol. The molecule has 1 aromatic carbocycles. The van der Waals surface area contributed by atoms with Crippen LogP contribution < -0.4 is 15.4 Å². The quantitative estimate of drug-likeness (QED) is 0.835. The predicted molar refractivity (Wildman–Crippen MR) is 85.8 cm³/mol. The average molecular weight is 371 g/mol.